The summed E-state index contributed by atoms with van der Waals surface area (Å²) in [5.74, 6) is 0. The zero-order valence-electron chi connectivity index (χ0n) is 11.8. The molecule has 2 rings (SSSR count). The van der Waals surface area contributed by atoms with Gasteiger partial charge in [-0.05, 0) is 30.0 Å². The molecule has 1 aromatic heterocycles. The molecule has 0 aliphatic rings. The highest BCUT2D eigenvalue weighted by Gasteiger charge is 2.18. The maximum Gasteiger partial charge on any atom is 0.0743 e. The molecule has 108 valence electrons. The number of aromatic nitrogens is 1. The van der Waals surface area contributed by atoms with Crippen LogP contribution in [0.3, 0.4) is 0 Å². The molecule has 0 atom stereocenters. The molecule has 0 saturated heterocycles. The summed E-state index contributed by atoms with van der Waals surface area (Å²) < 4.78 is 0.995. The van der Waals surface area contributed by atoms with E-state index < -0.39 is 0 Å². The van der Waals surface area contributed by atoms with Crippen molar-refractivity contribution in [3.63, 3.8) is 0 Å². The van der Waals surface area contributed by atoms with Crippen molar-refractivity contribution in [3.05, 3.63) is 28.9 Å². The fourth-order valence-corrected chi connectivity index (χ4v) is 2.46. The molecule has 4 N–H and O–H groups in total. The number of aliphatic hydroxyl groups excluding tert-OH is 1. The van der Waals surface area contributed by atoms with Gasteiger partial charge in [0, 0.05) is 23.0 Å². The molecule has 0 saturated carbocycles. The number of hydrogen-bond acceptors (Lipinski definition) is 4. The van der Waals surface area contributed by atoms with E-state index in [0.717, 1.165) is 34.0 Å². The lowest BCUT2D eigenvalue weighted by molar-refractivity contribution is 0.220. The Morgan fingerprint density at radius 1 is 1.40 bits per heavy atom. The average Bonchev–Trinajstić information content (AvgIpc) is 2.37. The summed E-state index contributed by atoms with van der Waals surface area (Å²) in [5, 5.41) is 13.5. The molecule has 2 aromatic rings. The molecule has 0 aliphatic heterocycles. The van der Waals surface area contributed by atoms with Gasteiger partial charge in [-0.2, -0.15) is 0 Å². The molecule has 0 amide bonds. The largest absolute Gasteiger partial charge is 0.396 e. The minimum absolute atomic E-state index is 0.00277. The predicted octanol–water partition coefficient (Wildman–Crippen LogP) is 3.40. The number of fused-ring (bicyclic) bond motifs is 1. The smallest absolute Gasteiger partial charge is 0.0743 e. The van der Waals surface area contributed by atoms with Crippen LogP contribution in [-0.4, -0.2) is 23.2 Å². The summed E-state index contributed by atoms with van der Waals surface area (Å²) in [6, 6.07) is 5.94. The molecule has 0 spiro atoms. The Kier molecular flexibility index (Phi) is 4.50. The van der Waals surface area contributed by atoms with Gasteiger partial charge in [0.25, 0.3) is 0 Å². The number of pyridine rings is 1. The van der Waals surface area contributed by atoms with Gasteiger partial charge in [-0.15, -0.1) is 0 Å². The summed E-state index contributed by atoms with van der Waals surface area (Å²) in [6.45, 7) is 5.16. The van der Waals surface area contributed by atoms with Gasteiger partial charge in [-0.3, -0.25) is 4.98 Å². The lowest BCUT2D eigenvalue weighted by Crippen LogP contribution is -2.24. The van der Waals surface area contributed by atoms with Crippen molar-refractivity contribution in [2.24, 2.45) is 5.41 Å². The van der Waals surface area contributed by atoms with Crippen molar-refractivity contribution in [1.29, 1.82) is 0 Å². The zero-order chi connectivity index (χ0) is 14.8. The number of rotatable bonds is 5. The molecule has 1 aromatic carbocycles. The number of nitrogens with two attached hydrogens (primary N) is 1. The zero-order valence-corrected chi connectivity index (χ0v) is 13.4. The van der Waals surface area contributed by atoms with Crippen LogP contribution in [-0.2, 0) is 0 Å². The Labute approximate surface area is 127 Å². The van der Waals surface area contributed by atoms with Crippen LogP contribution < -0.4 is 11.1 Å². The molecular formula is C15H20BrN3O. The third-order valence-electron chi connectivity index (χ3n) is 3.39. The number of benzene rings is 1. The second-order valence-electron chi connectivity index (χ2n) is 5.74. The van der Waals surface area contributed by atoms with E-state index in [1.165, 1.54) is 0 Å². The summed E-state index contributed by atoms with van der Waals surface area (Å²) in [5.41, 5.74) is 8.50. The normalized spacial score (nSPS) is 11.8. The summed E-state index contributed by atoms with van der Waals surface area (Å²) in [7, 11) is 0. The van der Waals surface area contributed by atoms with Crippen molar-refractivity contribution in [1.82, 2.24) is 4.98 Å². The van der Waals surface area contributed by atoms with Gasteiger partial charge >= 0.3 is 0 Å². The van der Waals surface area contributed by atoms with E-state index in [9.17, 15) is 0 Å². The fourth-order valence-electron chi connectivity index (χ4n) is 2.10. The molecule has 0 radical (unpaired) electrons. The number of aliphatic hydroxyl groups is 1. The number of nitrogens with zero attached hydrogens (tertiary/aromatic N) is 1. The summed E-state index contributed by atoms with van der Waals surface area (Å²) >= 11 is 3.48. The van der Waals surface area contributed by atoms with E-state index in [4.69, 9.17) is 10.8 Å². The molecule has 5 heteroatoms. The van der Waals surface area contributed by atoms with Crippen molar-refractivity contribution in [3.8, 4) is 0 Å². The average molecular weight is 338 g/mol. The van der Waals surface area contributed by atoms with Crippen molar-refractivity contribution >= 4 is 38.2 Å². The van der Waals surface area contributed by atoms with Gasteiger partial charge in [0.15, 0.2) is 0 Å². The van der Waals surface area contributed by atoms with E-state index in [0.29, 0.717) is 5.69 Å². The SMILES string of the molecule is CC(C)(CCO)CNc1c(N)cnc2ccc(Br)cc12. The molecular weight excluding hydrogens is 318 g/mol. The molecule has 4 nitrogen and oxygen atoms in total. The van der Waals surface area contributed by atoms with Gasteiger partial charge in [0.05, 0.1) is 23.1 Å². The predicted molar refractivity (Wildman–Crippen MR) is 87.8 cm³/mol. The first kappa shape index (κ1) is 15.1. The van der Waals surface area contributed by atoms with Gasteiger partial charge in [-0.25, -0.2) is 0 Å². The van der Waals surface area contributed by atoms with E-state index in [-0.39, 0.29) is 12.0 Å². The van der Waals surface area contributed by atoms with Crippen LogP contribution in [0.4, 0.5) is 11.4 Å². The van der Waals surface area contributed by atoms with Gasteiger partial charge < -0.3 is 16.2 Å². The monoisotopic (exact) mass is 337 g/mol. The van der Waals surface area contributed by atoms with Crippen molar-refractivity contribution in [2.45, 2.75) is 20.3 Å². The number of nitrogens with one attached hydrogen (secondary N) is 1. The van der Waals surface area contributed by atoms with Crippen molar-refractivity contribution < 1.29 is 5.11 Å². The minimum atomic E-state index is 0.00277. The number of hydrogen-bond donors (Lipinski definition) is 3. The van der Waals surface area contributed by atoms with E-state index in [2.05, 4.69) is 40.1 Å². The summed E-state index contributed by atoms with van der Waals surface area (Å²) in [6.07, 6.45) is 2.42. The Morgan fingerprint density at radius 3 is 2.85 bits per heavy atom. The number of nitrogen functional groups attached to an aromatic ring is 1. The quantitative estimate of drug-likeness (QED) is 0.781. The first-order chi connectivity index (χ1) is 9.43. The standard InChI is InChI=1S/C15H20BrN3O/c1-15(2,5-6-20)9-19-14-11-7-10(16)3-4-13(11)18-8-12(14)17/h3-4,7-8,20H,5-6,9,17H2,1-2H3,(H,18,19). The van der Waals surface area contributed by atoms with Crippen molar-refractivity contribution in [2.75, 3.05) is 24.2 Å². The third kappa shape index (κ3) is 3.41. The topological polar surface area (TPSA) is 71.2 Å². The Hall–Kier alpha value is -1.33. The van der Waals surface area contributed by atoms with Crippen LogP contribution in [0.25, 0.3) is 10.9 Å². The first-order valence-electron chi connectivity index (χ1n) is 6.61. The molecule has 0 fully saturated rings. The lowest BCUT2D eigenvalue weighted by Gasteiger charge is -2.25. The number of halogens is 1. The highest BCUT2D eigenvalue weighted by atomic mass is 79.9. The molecule has 0 bridgehead atoms. The van der Waals surface area contributed by atoms with Crippen LogP contribution in [0.5, 0.6) is 0 Å². The van der Waals surface area contributed by atoms with Crippen LogP contribution in [0.1, 0.15) is 20.3 Å². The Morgan fingerprint density at radius 2 is 2.15 bits per heavy atom. The molecule has 0 aliphatic carbocycles. The highest BCUT2D eigenvalue weighted by Crippen LogP contribution is 2.31. The second kappa shape index (κ2) is 5.97. The van der Waals surface area contributed by atoms with E-state index >= 15 is 0 Å². The van der Waals surface area contributed by atoms with Crippen LogP contribution in [0, 0.1) is 5.41 Å². The van der Waals surface area contributed by atoms with Gasteiger partial charge in [-0.1, -0.05) is 29.8 Å². The molecule has 0 unspecified atom stereocenters. The molecule has 1 heterocycles. The highest BCUT2D eigenvalue weighted by molar-refractivity contribution is 9.10. The summed E-state index contributed by atoms with van der Waals surface area (Å²) in [4.78, 5) is 4.34. The fraction of sp³-hybridized carbons (Fsp3) is 0.400. The van der Waals surface area contributed by atoms with Gasteiger partial charge in [0.2, 0.25) is 0 Å². The van der Waals surface area contributed by atoms with Gasteiger partial charge in [0.1, 0.15) is 0 Å². The molecule has 20 heavy (non-hydrogen) atoms. The second-order valence-corrected chi connectivity index (χ2v) is 6.66. The maximum absolute atomic E-state index is 9.09. The van der Waals surface area contributed by atoms with Crippen LogP contribution in [0.2, 0.25) is 0 Å². The third-order valence-corrected chi connectivity index (χ3v) is 3.88. The first-order valence-corrected chi connectivity index (χ1v) is 7.41. The van der Waals surface area contributed by atoms with Crippen LogP contribution in [0.15, 0.2) is 28.9 Å². The Bertz CT molecular complexity index is 608. The Balaban J connectivity index is 2.33. The minimum Gasteiger partial charge on any atom is -0.396 e. The number of anilines is 2. The van der Waals surface area contributed by atoms with E-state index in [1.807, 2.05) is 18.2 Å². The van der Waals surface area contributed by atoms with Crippen LogP contribution >= 0.6 is 15.9 Å². The lowest BCUT2D eigenvalue weighted by atomic mass is 9.89. The van der Waals surface area contributed by atoms with E-state index in [1.54, 1.807) is 6.20 Å². The maximum atomic E-state index is 9.09.